The molecule has 0 aromatic rings. The first-order chi connectivity index (χ1) is 2.50. The lowest BCUT2D eigenvalue weighted by Gasteiger charge is -1.77. The van der Waals surface area contributed by atoms with Crippen molar-refractivity contribution in [1.82, 2.24) is 0 Å². The molecule has 5 heavy (non-hydrogen) atoms. The number of rotatable bonds is 0. The quantitative estimate of drug-likeness (QED) is 0.325. The highest BCUT2D eigenvalue weighted by Crippen LogP contribution is 1.83. The van der Waals surface area contributed by atoms with Crippen LogP contribution >= 0.6 is 0 Å². The second kappa shape index (κ2) is 1.91. The second-order valence-corrected chi connectivity index (χ2v) is 10.7. The smallest absolute Gasteiger partial charge is 0.142 e. The Kier molecular flexibility index (Phi) is 1.45. The van der Waals surface area contributed by atoms with Crippen LogP contribution in [0.4, 0.5) is 0 Å². The summed E-state index contributed by atoms with van der Waals surface area (Å²) in [5.41, 5.74) is 1.62. The fraction of sp³-hybridized carbons (Fsp3) is 1.00. The van der Waals surface area contributed by atoms with Crippen LogP contribution in [0.3, 0.4) is 0 Å². The lowest BCUT2D eigenvalue weighted by molar-refractivity contribution is 0.669. The maximum atomic E-state index is 5.28. The topological polar surface area (TPSA) is 9.23 Å². The Labute approximate surface area is 38.6 Å². The average molecular weight is 120 g/mol. The summed E-state index contributed by atoms with van der Waals surface area (Å²) < 4.78 is 5.28. The van der Waals surface area contributed by atoms with Gasteiger partial charge in [-0.15, -0.1) is 0 Å². The minimum Gasteiger partial charge on any atom is -0.468 e. The summed E-state index contributed by atoms with van der Waals surface area (Å²) in [5.74, 6) is 0. The molecule has 0 radical (unpaired) electrons. The van der Waals surface area contributed by atoms with Crippen molar-refractivity contribution in [3.63, 3.8) is 0 Å². The van der Waals surface area contributed by atoms with Gasteiger partial charge in [-0.1, -0.05) is 0 Å². The zero-order chi connectivity index (χ0) is 3.54. The molecule has 1 rings (SSSR count). The van der Waals surface area contributed by atoms with Gasteiger partial charge < -0.3 is 4.12 Å². The molecular formula is CH8OSi3. The van der Waals surface area contributed by atoms with Crippen molar-refractivity contribution in [2.75, 3.05) is 0 Å². The van der Waals surface area contributed by atoms with E-state index in [0.29, 0.717) is 9.04 Å². The second-order valence-electron chi connectivity index (χ2n) is 1.32. The molecule has 0 unspecified atom stereocenters. The van der Waals surface area contributed by atoms with Gasteiger partial charge in [0.05, 0.1) is 0 Å². The van der Waals surface area contributed by atoms with E-state index in [1.54, 1.807) is 5.67 Å². The van der Waals surface area contributed by atoms with E-state index in [2.05, 4.69) is 0 Å². The van der Waals surface area contributed by atoms with E-state index in [1.807, 2.05) is 0 Å². The van der Waals surface area contributed by atoms with Crippen molar-refractivity contribution in [1.29, 1.82) is 0 Å². The Morgan fingerprint density at radius 1 is 1.60 bits per heavy atom. The van der Waals surface area contributed by atoms with Gasteiger partial charge in [-0.2, -0.15) is 0 Å². The molecule has 0 bridgehead atoms. The highest BCUT2D eigenvalue weighted by Gasteiger charge is 1.98. The van der Waals surface area contributed by atoms with E-state index in [4.69, 9.17) is 4.12 Å². The maximum absolute atomic E-state index is 5.28. The van der Waals surface area contributed by atoms with Gasteiger partial charge in [0.1, 0.15) is 19.0 Å². The van der Waals surface area contributed by atoms with Crippen molar-refractivity contribution in [3.8, 4) is 0 Å². The molecule has 1 aliphatic rings. The third-order valence-corrected chi connectivity index (χ3v) is 14.5. The summed E-state index contributed by atoms with van der Waals surface area (Å²) in [6.45, 7) is 0. The van der Waals surface area contributed by atoms with Crippen LogP contribution in [-0.2, 0) is 4.12 Å². The largest absolute Gasteiger partial charge is 0.468 e. The Hall–Kier alpha value is 0.611. The Balaban J connectivity index is 2.08. The lowest BCUT2D eigenvalue weighted by atomic mass is 11.9. The molecule has 0 aromatic heterocycles. The van der Waals surface area contributed by atoms with Crippen LogP contribution in [-0.4, -0.2) is 28.1 Å². The summed E-state index contributed by atoms with van der Waals surface area (Å²) >= 11 is 0. The van der Waals surface area contributed by atoms with E-state index in [9.17, 15) is 0 Å². The van der Waals surface area contributed by atoms with Crippen molar-refractivity contribution in [2.24, 2.45) is 0 Å². The molecule has 1 fully saturated rings. The first-order valence-electron chi connectivity index (χ1n) is 2.08. The van der Waals surface area contributed by atoms with Crippen molar-refractivity contribution < 1.29 is 4.12 Å². The van der Waals surface area contributed by atoms with Gasteiger partial charge in [-0.05, 0) is 5.67 Å². The first-order valence-corrected chi connectivity index (χ1v) is 9.23. The summed E-state index contributed by atoms with van der Waals surface area (Å²) in [4.78, 5) is 0. The van der Waals surface area contributed by atoms with Crippen molar-refractivity contribution in [2.45, 2.75) is 5.67 Å². The van der Waals surface area contributed by atoms with Crippen LogP contribution in [0.15, 0.2) is 0 Å². The van der Waals surface area contributed by atoms with Gasteiger partial charge in [-0.25, -0.2) is 0 Å². The molecule has 0 amide bonds. The summed E-state index contributed by atoms with van der Waals surface area (Å²) in [7, 11) is 0.932. The highest BCUT2D eigenvalue weighted by molar-refractivity contribution is 7.04. The predicted molar refractivity (Wildman–Crippen MR) is 31.5 cm³/mol. The minimum absolute atomic E-state index is 0.167. The van der Waals surface area contributed by atoms with Crippen molar-refractivity contribution >= 4 is 28.1 Å². The number of hydrogen-bond donors (Lipinski definition) is 0. The van der Waals surface area contributed by atoms with Gasteiger partial charge in [-0.3, -0.25) is 0 Å². The average Bonchev–Trinajstić information content (AvgIpc) is 1.76. The third kappa shape index (κ3) is 0.998. The highest BCUT2D eigenvalue weighted by atomic mass is 29.2. The fourth-order valence-corrected chi connectivity index (χ4v) is 13.8. The third-order valence-electron chi connectivity index (χ3n) is 0.827. The van der Waals surface area contributed by atoms with Crippen molar-refractivity contribution in [3.05, 3.63) is 0 Å². The Morgan fingerprint density at radius 3 is 2.80 bits per heavy atom. The Morgan fingerprint density at radius 2 is 2.60 bits per heavy atom. The van der Waals surface area contributed by atoms with Crippen LogP contribution in [0.1, 0.15) is 0 Å². The van der Waals surface area contributed by atoms with Gasteiger partial charge in [0.25, 0.3) is 0 Å². The van der Waals surface area contributed by atoms with E-state index >= 15 is 0 Å². The molecule has 1 heterocycles. The minimum atomic E-state index is 0.167. The number of hydrogen-bond acceptors (Lipinski definition) is 1. The van der Waals surface area contributed by atoms with Gasteiger partial charge in [0.15, 0.2) is 0 Å². The molecular weight excluding hydrogens is 112 g/mol. The molecule has 1 saturated heterocycles. The normalized spacial score (nSPS) is 38.4. The van der Waals surface area contributed by atoms with Crippen LogP contribution in [0.25, 0.3) is 0 Å². The summed E-state index contributed by atoms with van der Waals surface area (Å²) in [6, 6.07) is 0. The molecule has 1 aliphatic heterocycles. The van der Waals surface area contributed by atoms with E-state index in [1.165, 1.54) is 0 Å². The zero-order valence-electron chi connectivity index (χ0n) is 3.24. The maximum Gasteiger partial charge on any atom is 0.142 e. The molecule has 4 heteroatoms. The molecule has 0 spiro atoms. The van der Waals surface area contributed by atoms with Gasteiger partial charge >= 0.3 is 0 Å². The van der Waals surface area contributed by atoms with E-state index in [-0.39, 0.29) is 19.0 Å². The molecule has 0 aliphatic carbocycles. The molecule has 0 atom stereocenters. The summed E-state index contributed by atoms with van der Waals surface area (Å²) in [6.07, 6.45) is 0. The molecule has 0 saturated carbocycles. The molecule has 1 nitrogen and oxygen atoms in total. The molecule has 0 aromatic carbocycles. The predicted octanol–water partition coefficient (Wildman–Crippen LogP) is -2.36. The SMILES string of the molecule is C1[SiH2]O[SiH2][SiH2]1. The lowest BCUT2D eigenvalue weighted by Crippen LogP contribution is -1.91. The van der Waals surface area contributed by atoms with Gasteiger partial charge in [0, 0.05) is 9.04 Å². The van der Waals surface area contributed by atoms with E-state index in [0.717, 1.165) is 0 Å². The van der Waals surface area contributed by atoms with Crippen LogP contribution in [0, 0.1) is 0 Å². The molecule has 30 valence electrons. The van der Waals surface area contributed by atoms with E-state index < -0.39 is 0 Å². The summed E-state index contributed by atoms with van der Waals surface area (Å²) in [5, 5.41) is 0. The Bertz CT molecular complexity index is 18.5. The monoisotopic (exact) mass is 120 g/mol. The zero-order valence-corrected chi connectivity index (χ0v) is 7.48. The molecule has 0 N–H and O–H groups in total. The standard InChI is InChI=1S/CH8OSi3/c1-3-2-5-4-1/h1,3-5H2. The van der Waals surface area contributed by atoms with Crippen LogP contribution in [0.5, 0.6) is 0 Å². The fourth-order valence-electron chi connectivity index (χ4n) is 0.510. The first kappa shape index (κ1) is 3.79. The van der Waals surface area contributed by atoms with Gasteiger partial charge in [0.2, 0.25) is 0 Å². The van der Waals surface area contributed by atoms with Crippen LogP contribution < -0.4 is 0 Å². The van der Waals surface area contributed by atoms with Crippen LogP contribution in [0.2, 0.25) is 5.67 Å².